The van der Waals surface area contributed by atoms with E-state index in [1.807, 2.05) is 0 Å². The first-order valence-electron chi connectivity index (χ1n) is 7.94. The van der Waals surface area contributed by atoms with E-state index in [-0.39, 0.29) is 17.8 Å². The van der Waals surface area contributed by atoms with Gasteiger partial charge in [-0.15, -0.1) is 0 Å². The average Bonchev–Trinajstić information content (AvgIpc) is 2.95. The van der Waals surface area contributed by atoms with E-state index < -0.39 is 15.7 Å². The number of nitrogens with zero attached hydrogens (tertiary/aromatic N) is 1. The van der Waals surface area contributed by atoms with Gasteiger partial charge in [-0.1, -0.05) is 12.8 Å². The molecule has 6 nitrogen and oxygen atoms in total. The van der Waals surface area contributed by atoms with Crippen LogP contribution in [0.25, 0.3) is 0 Å². The number of amides is 1. The Morgan fingerprint density at radius 1 is 1.24 bits per heavy atom. The van der Waals surface area contributed by atoms with Crippen molar-refractivity contribution in [3.05, 3.63) is 0 Å². The monoisotopic (exact) mass is 314 g/mol. The maximum Gasteiger partial charge on any atom is 0.248 e. The second-order valence-electron chi connectivity index (χ2n) is 6.90. The number of sulfonamides is 1. The molecule has 4 aliphatic rings. The van der Waals surface area contributed by atoms with Gasteiger partial charge in [0, 0.05) is 25.9 Å². The molecule has 3 atom stereocenters. The van der Waals surface area contributed by atoms with Crippen LogP contribution in [-0.2, 0) is 19.6 Å². The van der Waals surface area contributed by atoms with E-state index in [0.29, 0.717) is 37.8 Å². The van der Waals surface area contributed by atoms with Crippen LogP contribution < -0.4 is 5.32 Å². The normalized spacial score (nSPS) is 39.0. The van der Waals surface area contributed by atoms with E-state index >= 15 is 0 Å². The number of piperidine rings is 1. The smallest absolute Gasteiger partial charge is 0.248 e. The van der Waals surface area contributed by atoms with Gasteiger partial charge in [-0.25, -0.2) is 12.7 Å². The van der Waals surface area contributed by atoms with Crippen LogP contribution in [0.15, 0.2) is 0 Å². The predicted octanol–water partition coefficient (Wildman–Crippen LogP) is 0.443. The van der Waals surface area contributed by atoms with Gasteiger partial charge in [-0.3, -0.25) is 4.79 Å². The molecule has 0 aromatic heterocycles. The minimum atomic E-state index is -3.17. The third-order valence-electron chi connectivity index (χ3n) is 5.85. The highest BCUT2D eigenvalue weighted by Gasteiger charge is 2.53. The van der Waals surface area contributed by atoms with E-state index in [9.17, 15) is 13.2 Å². The van der Waals surface area contributed by atoms with Crippen molar-refractivity contribution < 1.29 is 17.9 Å². The van der Waals surface area contributed by atoms with Crippen LogP contribution in [0.4, 0.5) is 0 Å². The molecule has 1 N–H and O–H groups in total. The lowest BCUT2D eigenvalue weighted by atomic mass is 9.76. The van der Waals surface area contributed by atoms with E-state index in [2.05, 4.69) is 5.32 Å². The van der Waals surface area contributed by atoms with Crippen molar-refractivity contribution in [3.8, 4) is 0 Å². The first-order chi connectivity index (χ1) is 10.0. The molecule has 4 rings (SSSR count). The summed E-state index contributed by atoms with van der Waals surface area (Å²) in [6.07, 6.45) is 5.43. The predicted molar refractivity (Wildman–Crippen MR) is 75.8 cm³/mol. The largest absolute Gasteiger partial charge is 0.346 e. The zero-order chi connectivity index (χ0) is 14.7. The molecule has 2 saturated heterocycles. The maximum absolute atomic E-state index is 12.8. The van der Waals surface area contributed by atoms with Crippen LogP contribution in [0.3, 0.4) is 0 Å². The molecule has 2 aliphatic carbocycles. The topological polar surface area (TPSA) is 75.7 Å². The summed E-state index contributed by atoms with van der Waals surface area (Å²) < 4.78 is 32.7. The zero-order valence-corrected chi connectivity index (χ0v) is 12.9. The van der Waals surface area contributed by atoms with E-state index in [1.165, 1.54) is 12.8 Å². The summed E-state index contributed by atoms with van der Waals surface area (Å²) in [6.45, 7) is 1.01. The van der Waals surface area contributed by atoms with Gasteiger partial charge in [0.25, 0.3) is 0 Å². The summed E-state index contributed by atoms with van der Waals surface area (Å²) in [5, 5.41) is 2.70. The van der Waals surface area contributed by atoms with E-state index in [4.69, 9.17) is 4.74 Å². The highest BCUT2D eigenvalue weighted by atomic mass is 32.2. The van der Waals surface area contributed by atoms with Crippen molar-refractivity contribution in [1.82, 2.24) is 9.62 Å². The fourth-order valence-electron chi connectivity index (χ4n) is 4.56. The maximum atomic E-state index is 12.8. The lowest BCUT2D eigenvalue weighted by Crippen LogP contribution is -2.57. The Balaban J connectivity index is 1.42. The summed E-state index contributed by atoms with van der Waals surface area (Å²) in [5.41, 5.74) is -0.612. The lowest BCUT2D eigenvalue weighted by Gasteiger charge is -2.44. The number of fused-ring (bicyclic) bond motifs is 1. The van der Waals surface area contributed by atoms with Gasteiger partial charge < -0.3 is 10.1 Å². The molecular weight excluding hydrogens is 292 g/mol. The molecule has 1 amide bonds. The van der Waals surface area contributed by atoms with Gasteiger partial charge in [-0.05, 0) is 24.7 Å². The molecule has 2 saturated carbocycles. The Morgan fingerprint density at radius 2 is 2.00 bits per heavy atom. The second kappa shape index (κ2) is 4.67. The Labute approximate surface area is 125 Å². The van der Waals surface area contributed by atoms with Crippen LogP contribution in [0.2, 0.25) is 0 Å². The standard InChI is InChI=1S/C14H22N2O4S/c17-13-9-20-14(15-13)4-6-16(7-5-14)21(18,19)12-8-10-2-1-3-11(10)12/h10-12H,1-9H2,(H,15,17). The molecule has 2 heterocycles. The van der Waals surface area contributed by atoms with Crippen LogP contribution in [0.5, 0.6) is 0 Å². The van der Waals surface area contributed by atoms with Crippen molar-refractivity contribution >= 4 is 15.9 Å². The Hall–Kier alpha value is -0.660. The highest BCUT2D eigenvalue weighted by Crippen LogP contribution is 2.50. The van der Waals surface area contributed by atoms with Crippen LogP contribution in [0, 0.1) is 11.8 Å². The van der Waals surface area contributed by atoms with Gasteiger partial charge in [0.15, 0.2) is 0 Å². The van der Waals surface area contributed by atoms with E-state index in [0.717, 1.165) is 12.8 Å². The Bertz CT molecular complexity index is 553. The molecule has 118 valence electrons. The van der Waals surface area contributed by atoms with Gasteiger partial charge in [0.1, 0.15) is 12.3 Å². The molecule has 7 heteroatoms. The molecule has 21 heavy (non-hydrogen) atoms. The molecule has 4 fully saturated rings. The summed E-state index contributed by atoms with van der Waals surface area (Å²) in [6, 6.07) is 0. The Morgan fingerprint density at radius 3 is 2.62 bits per heavy atom. The minimum Gasteiger partial charge on any atom is -0.346 e. The van der Waals surface area contributed by atoms with Gasteiger partial charge in [0.2, 0.25) is 15.9 Å². The van der Waals surface area contributed by atoms with Crippen LogP contribution in [0.1, 0.15) is 38.5 Å². The number of carbonyl (C=O) groups is 1. The number of hydrogen-bond donors (Lipinski definition) is 1. The van der Waals surface area contributed by atoms with Gasteiger partial charge in [0.05, 0.1) is 5.25 Å². The number of carbonyl (C=O) groups excluding carboxylic acids is 1. The van der Waals surface area contributed by atoms with E-state index in [1.54, 1.807) is 4.31 Å². The van der Waals surface area contributed by atoms with Crippen LogP contribution in [-0.4, -0.2) is 49.3 Å². The number of hydrogen-bond acceptors (Lipinski definition) is 4. The molecular formula is C14H22N2O4S. The molecule has 3 unspecified atom stereocenters. The summed E-state index contributed by atoms with van der Waals surface area (Å²) in [4.78, 5) is 11.3. The molecule has 0 radical (unpaired) electrons. The van der Waals surface area contributed by atoms with Crippen molar-refractivity contribution in [2.45, 2.75) is 49.5 Å². The lowest BCUT2D eigenvalue weighted by molar-refractivity contribution is -0.119. The quantitative estimate of drug-likeness (QED) is 0.802. The molecule has 0 aromatic rings. The summed E-state index contributed by atoms with van der Waals surface area (Å²) in [5.74, 6) is 0.950. The fraction of sp³-hybridized carbons (Fsp3) is 0.929. The van der Waals surface area contributed by atoms with Crippen molar-refractivity contribution in [1.29, 1.82) is 0 Å². The summed E-state index contributed by atoms with van der Waals surface area (Å²) >= 11 is 0. The number of ether oxygens (including phenoxy) is 1. The van der Waals surface area contributed by atoms with Crippen LogP contribution >= 0.6 is 0 Å². The molecule has 0 bridgehead atoms. The first kappa shape index (κ1) is 14.0. The average molecular weight is 314 g/mol. The SMILES string of the molecule is O=C1COC2(CCN(S(=O)(=O)C3CC4CCCC43)CC2)N1. The summed E-state index contributed by atoms with van der Waals surface area (Å²) in [7, 11) is -3.17. The van der Waals surface area contributed by atoms with Gasteiger partial charge >= 0.3 is 0 Å². The van der Waals surface area contributed by atoms with Gasteiger partial charge in [-0.2, -0.15) is 0 Å². The zero-order valence-electron chi connectivity index (χ0n) is 12.1. The molecule has 0 aromatic carbocycles. The first-order valence-corrected chi connectivity index (χ1v) is 9.44. The Kier molecular flexibility index (Phi) is 3.10. The number of nitrogens with one attached hydrogen (secondary N) is 1. The minimum absolute atomic E-state index is 0.0964. The second-order valence-corrected chi connectivity index (χ2v) is 9.06. The molecule has 1 spiro atoms. The number of rotatable bonds is 2. The van der Waals surface area contributed by atoms with Crippen molar-refractivity contribution in [2.24, 2.45) is 11.8 Å². The third-order valence-corrected chi connectivity index (χ3v) is 8.24. The third kappa shape index (κ3) is 2.12. The molecule has 2 aliphatic heterocycles. The van der Waals surface area contributed by atoms with Crippen molar-refractivity contribution in [2.75, 3.05) is 19.7 Å². The van der Waals surface area contributed by atoms with Crippen molar-refractivity contribution in [3.63, 3.8) is 0 Å². The fourth-order valence-corrected chi connectivity index (χ4v) is 6.93. The highest BCUT2D eigenvalue weighted by molar-refractivity contribution is 7.89.